The highest BCUT2D eigenvalue weighted by atomic mass is 127. The predicted molar refractivity (Wildman–Crippen MR) is 112 cm³/mol. The molecule has 0 amide bonds. The Morgan fingerprint density at radius 2 is 1.96 bits per heavy atom. The Hall–Kier alpha value is -1.23. The maximum atomic E-state index is 12.2. The predicted octanol–water partition coefficient (Wildman–Crippen LogP) is 3.97. The van der Waals surface area contributed by atoms with E-state index in [-0.39, 0.29) is 29.7 Å². The van der Waals surface area contributed by atoms with Crippen LogP contribution in [0.4, 0.5) is 13.2 Å². The molecule has 0 radical (unpaired) electrons. The van der Waals surface area contributed by atoms with Gasteiger partial charge in [-0.15, -0.1) is 24.0 Å². The topological polar surface area (TPSA) is 54.9 Å². The molecule has 0 aliphatic heterocycles. The number of rotatable bonds is 10. The summed E-state index contributed by atoms with van der Waals surface area (Å²) in [5, 5.41) is 6.28. The van der Waals surface area contributed by atoms with Gasteiger partial charge in [0.05, 0.1) is 0 Å². The molecule has 0 atom stereocenters. The van der Waals surface area contributed by atoms with E-state index in [9.17, 15) is 13.2 Å². The third-order valence-electron chi connectivity index (χ3n) is 3.19. The summed E-state index contributed by atoms with van der Waals surface area (Å²) in [6.45, 7) is 5.48. The van der Waals surface area contributed by atoms with Gasteiger partial charge in [-0.2, -0.15) is 13.2 Å². The normalized spacial score (nSPS) is 11.9. The molecule has 0 heterocycles. The van der Waals surface area contributed by atoms with Crippen molar-refractivity contribution >= 4 is 29.9 Å². The molecule has 1 aromatic carbocycles. The van der Waals surface area contributed by atoms with Crippen molar-refractivity contribution in [2.24, 2.45) is 10.9 Å². The van der Waals surface area contributed by atoms with E-state index in [4.69, 9.17) is 9.47 Å². The lowest BCUT2D eigenvalue weighted by molar-refractivity contribution is -0.153. The van der Waals surface area contributed by atoms with Gasteiger partial charge in [0.25, 0.3) is 0 Å². The van der Waals surface area contributed by atoms with Crippen LogP contribution >= 0.6 is 24.0 Å². The highest BCUT2D eigenvalue weighted by molar-refractivity contribution is 14.0. The molecule has 1 aromatic rings. The Bertz CT molecular complexity index is 555. The number of hydrogen-bond donors (Lipinski definition) is 2. The number of alkyl halides is 3. The summed E-state index contributed by atoms with van der Waals surface area (Å²) >= 11 is 0. The quantitative estimate of drug-likeness (QED) is 0.220. The number of ether oxygens (including phenoxy) is 2. The van der Waals surface area contributed by atoms with Gasteiger partial charge in [-0.25, -0.2) is 0 Å². The highest BCUT2D eigenvalue weighted by Gasteiger charge is 2.28. The van der Waals surface area contributed by atoms with E-state index in [0.29, 0.717) is 31.6 Å². The van der Waals surface area contributed by atoms with Crippen molar-refractivity contribution in [3.05, 3.63) is 29.8 Å². The summed E-state index contributed by atoms with van der Waals surface area (Å²) in [5.74, 6) is 1.33. The first-order chi connectivity index (χ1) is 12.3. The molecule has 27 heavy (non-hydrogen) atoms. The smallest absolute Gasteiger partial charge is 0.422 e. The zero-order valence-corrected chi connectivity index (χ0v) is 18.3. The average molecular weight is 503 g/mol. The Morgan fingerprint density at radius 3 is 2.59 bits per heavy atom. The minimum Gasteiger partial charge on any atom is -0.484 e. The second-order valence-corrected chi connectivity index (χ2v) is 6.23. The lowest BCUT2D eigenvalue weighted by Gasteiger charge is -2.13. The molecule has 0 fully saturated rings. The molecule has 0 bridgehead atoms. The largest absolute Gasteiger partial charge is 0.484 e. The van der Waals surface area contributed by atoms with Gasteiger partial charge in [0, 0.05) is 33.4 Å². The Kier molecular flexibility index (Phi) is 13.2. The molecule has 5 nitrogen and oxygen atoms in total. The first-order valence-corrected chi connectivity index (χ1v) is 8.61. The molecule has 0 spiro atoms. The Labute approximate surface area is 176 Å². The molecule has 156 valence electrons. The molecule has 0 unspecified atom stereocenters. The van der Waals surface area contributed by atoms with E-state index < -0.39 is 12.8 Å². The molecule has 0 saturated carbocycles. The second kappa shape index (κ2) is 13.9. The van der Waals surface area contributed by atoms with Crippen LogP contribution in [0.1, 0.15) is 25.8 Å². The summed E-state index contributed by atoms with van der Waals surface area (Å²) < 4.78 is 46.9. The third kappa shape index (κ3) is 13.6. The standard InChI is InChI=1S/C18H28F3N3O2.HI/c1-14(2)12-25-9-5-8-23-17(22-3)24-11-15-6-4-7-16(10-15)26-13-18(19,20)21;/h4,6-7,10,14H,5,8-9,11-13H2,1-3H3,(H2,22,23,24);1H. The Balaban J connectivity index is 0.00000676. The zero-order valence-electron chi connectivity index (χ0n) is 15.9. The Morgan fingerprint density at radius 1 is 1.22 bits per heavy atom. The number of benzene rings is 1. The summed E-state index contributed by atoms with van der Waals surface area (Å²) in [4.78, 5) is 4.11. The first-order valence-electron chi connectivity index (χ1n) is 8.61. The SMILES string of the molecule is CN=C(NCCCOCC(C)C)NCc1cccc(OCC(F)(F)F)c1.I. The van der Waals surface area contributed by atoms with Crippen molar-refractivity contribution in [2.75, 3.05) is 33.4 Å². The van der Waals surface area contributed by atoms with Gasteiger partial charge in [0.2, 0.25) is 0 Å². The molecule has 0 saturated heterocycles. The van der Waals surface area contributed by atoms with Crippen molar-refractivity contribution < 1.29 is 22.6 Å². The minimum absolute atomic E-state index is 0. The van der Waals surface area contributed by atoms with Gasteiger partial charge in [0.1, 0.15) is 5.75 Å². The molecule has 0 aliphatic rings. The van der Waals surface area contributed by atoms with Gasteiger partial charge in [-0.1, -0.05) is 26.0 Å². The van der Waals surface area contributed by atoms with Crippen LogP contribution in [0.25, 0.3) is 0 Å². The van der Waals surface area contributed by atoms with Crippen LogP contribution in [0.5, 0.6) is 5.75 Å². The fraction of sp³-hybridized carbons (Fsp3) is 0.611. The van der Waals surface area contributed by atoms with Crippen molar-refractivity contribution in [3.63, 3.8) is 0 Å². The second-order valence-electron chi connectivity index (χ2n) is 6.23. The van der Waals surface area contributed by atoms with Crippen LogP contribution < -0.4 is 15.4 Å². The van der Waals surface area contributed by atoms with Crippen LogP contribution in [0.2, 0.25) is 0 Å². The van der Waals surface area contributed by atoms with Crippen LogP contribution in [-0.4, -0.2) is 45.5 Å². The van der Waals surface area contributed by atoms with Crippen LogP contribution in [0.3, 0.4) is 0 Å². The first kappa shape index (κ1) is 25.8. The molecule has 2 N–H and O–H groups in total. The summed E-state index contributed by atoms with van der Waals surface area (Å²) in [5.41, 5.74) is 0.799. The minimum atomic E-state index is -4.35. The number of halogens is 4. The highest BCUT2D eigenvalue weighted by Crippen LogP contribution is 2.19. The summed E-state index contributed by atoms with van der Waals surface area (Å²) in [7, 11) is 1.66. The molecule has 1 rings (SSSR count). The third-order valence-corrected chi connectivity index (χ3v) is 3.19. The van der Waals surface area contributed by atoms with E-state index in [1.54, 1.807) is 25.2 Å². The van der Waals surface area contributed by atoms with Crippen molar-refractivity contribution in [1.82, 2.24) is 10.6 Å². The van der Waals surface area contributed by atoms with Gasteiger partial charge in [-0.3, -0.25) is 4.99 Å². The van der Waals surface area contributed by atoms with Crippen LogP contribution in [0, 0.1) is 5.92 Å². The molecule has 0 aromatic heterocycles. The monoisotopic (exact) mass is 503 g/mol. The number of hydrogen-bond acceptors (Lipinski definition) is 3. The zero-order chi connectivity index (χ0) is 19.4. The summed E-state index contributed by atoms with van der Waals surface area (Å²) in [6.07, 6.45) is -3.49. The number of aliphatic imine (C=N–C) groups is 1. The number of nitrogens with one attached hydrogen (secondary N) is 2. The maximum Gasteiger partial charge on any atom is 0.422 e. The van der Waals surface area contributed by atoms with Crippen LogP contribution in [-0.2, 0) is 11.3 Å². The van der Waals surface area contributed by atoms with E-state index in [1.165, 1.54) is 6.07 Å². The van der Waals surface area contributed by atoms with Crippen molar-refractivity contribution in [1.29, 1.82) is 0 Å². The maximum absolute atomic E-state index is 12.2. The van der Waals surface area contributed by atoms with Crippen molar-refractivity contribution in [3.8, 4) is 5.75 Å². The van der Waals surface area contributed by atoms with Gasteiger partial charge < -0.3 is 20.1 Å². The van der Waals surface area contributed by atoms with Crippen LogP contribution in [0.15, 0.2) is 29.3 Å². The molecular formula is C18H29F3IN3O2. The lowest BCUT2D eigenvalue weighted by atomic mass is 10.2. The van der Waals surface area contributed by atoms with Gasteiger partial charge in [0.15, 0.2) is 12.6 Å². The average Bonchev–Trinajstić information content (AvgIpc) is 2.58. The molecule has 0 aliphatic carbocycles. The number of nitrogens with zero attached hydrogens (tertiary/aromatic N) is 1. The summed E-state index contributed by atoms with van der Waals surface area (Å²) in [6, 6.07) is 6.54. The fourth-order valence-corrected chi connectivity index (χ4v) is 2.02. The van der Waals surface area contributed by atoms with E-state index in [1.807, 2.05) is 0 Å². The number of guanidine groups is 1. The van der Waals surface area contributed by atoms with Gasteiger partial charge in [-0.05, 0) is 30.0 Å². The molecular weight excluding hydrogens is 474 g/mol. The molecule has 9 heteroatoms. The van der Waals surface area contributed by atoms with E-state index >= 15 is 0 Å². The lowest BCUT2D eigenvalue weighted by Crippen LogP contribution is -2.37. The van der Waals surface area contributed by atoms with E-state index in [2.05, 4.69) is 29.5 Å². The van der Waals surface area contributed by atoms with Crippen molar-refractivity contribution in [2.45, 2.75) is 33.0 Å². The van der Waals surface area contributed by atoms with Gasteiger partial charge >= 0.3 is 6.18 Å². The van der Waals surface area contributed by atoms with E-state index in [0.717, 1.165) is 18.6 Å². The fourth-order valence-electron chi connectivity index (χ4n) is 2.02.